The molecule has 0 bridgehead atoms. The zero-order valence-electron chi connectivity index (χ0n) is 74.5. The third-order valence-electron chi connectivity index (χ3n) is 25.1. The SMILES string of the molecule is [2H]c1cn([C@H]2C[C@H](OP(=O)(O)OC[C@H]3O[C@@H](n4cnc5c(=O)[nH]c(N)nc54)C[C@@H]3OC[C@H]3O[C@@H](n4ccc(N)nc4=O)C[C@@H]3OC[C@H]3O[C@@H](n4cnc5c(=O)[nH]c(N)nc54)C[C@@H]3O)[C@@H](COP(=O)(O)O[C@H]3[C@@H](O)[C@H](n4cnc5c(=O)[nH]c(N)nc54)O[C@@H]3CO[C@H]3C[C@H](n4ccc(N)nc4=O)O[C@@H]3CO[C@H]3C[C@H](n4cnc5c(=O)[nH]c(N)nc54)O[C@@H]3CO[C@H]3C[C@H](n4ccc(N)nc4=O)O[C@@H]3CO)O2)c(=O)[nH]c1=O. The van der Waals surface area contributed by atoms with E-state index in [1.165, 1.54) is 74.0 Å². The fourth-order valence-corrected chi connectivity index (χ4v) is 20.2. The van der Waals surface area contributed by atoms with Crippen LogP contribution in [0.3, 0.4) is 0 Å². The monoisotopic (exact) mass is 2030 g/mol. The number of nitrogens with two attached hydrogens (primary N) is 7. The highest BCUT2D eigenvalue weighted by Gasteiger charge is 2.54. The summed E-state index contributed by atoms with van der Waals surface area (Å²) in [6, 6.07) is 3.30. The number of anilines is 7. The van der Waals surface area contributed by atoms with E-state index in [1.807, 2.05) is 4.98 Å². The second kappa shape index (κ2) is 39.0. The van der Waals surface area contributed by atoms with Crippen molar-refractivity contribution in [1.29, 1.82) is 0 Å². The summed E-state index contributed by atoms with van der Waals surface area (Å²) in [6.07, 6.45) is -24.2. The minimum atomic E-state index is -5.81. The van der Waals surface area contributed by atoms with Crippen molar-refractivity contribution in [2.45, 2.75) is 199 Å². The highest BCUT2D eigenvalue weighted by Crippen LogP contribution is 2.53. The Bertz CT molecular complexity index is 7520. The molecule has 758 valence electrons. The van der Waals surface area contributed by atoms with Crippen LogP contribution >= 0.6 is 15.6 Å². The van der Waals surface area contributed by atoms with E-state index in [0.29, 0.717) is 4.57 Å². The molecule has 8 fully saturated rings. The van der Waals surface area contributed by atoms with Crippen molar-refractivity contribution in [2.24, 2.45) is 0 Å². The molecule has 0 amide bonds. The number of aliphatic hydroxyl groups is 3. The molecule has 0 saturated carbocycles. The maximum atomic E-state index is 15.0. The number of H-pyrrole nitrogens is 5. The Balaban J connectivity index is 0.548. The molecule has 0 aliphatic carbocycles. The first-order valence-electron chi connectivity index (χ1n) is 44.3. The Labute approximate surface area is 789 Å². The number of phosphoric acid groups is 2. The van der Waals surface area contributed by atoms with Gasteiger partial charge in [0.25, 0.3) is 27.8 Å². The molecular formula is C76H91N31O33P2. The van der Waals surface area contributed by atoms with E-state index in [0.717, 1.165) is 26.2 Å². The lowest BCUT2D eigenvalue weighted by molar-refractivity contribution is -0.133. The van der Waals surface area contributed by atoms with Crippen molar-refractivity contribution < 1.29 is 115 Å². The fraction of sp³-hybridized carbons (Fsp3) is 0.526. The number of imidazole rings is 4. The third-order valence-corrected chi connectivity index (χ3v) is 27.1. The van der Waals surface area contributed by atoms with E-state index >= 15 is 0 Å². The van der Waals surface area contributed by atoms with Crippen LogP contribution in [0.15, 0.2) is 117 Å². The summed E-state index contributed by atoms with van der Waals surface area (Å²) in [5, 5.41) is 34.5. The van der Waals surface area contributed by atoms with Crippen LogP contribution < -0.4 is 90.7 Å². The maximum Gasteiger partial charge on any atom is 0.472 e. The number of nitrogen functional groups attached to an aromatic ring is 7. The number of ether oxygens (including phenoxy) is 13. The summed E-state index contributed by atoms with van der Waals surface area (Å²) < 4.78 is 154. The first-order valence-corrected chi connectivity index (χ1v) is 46.8. The molecule has 2 unspecified atom stereocenters. The number of hydrogen-bond donors (Lipinski definition) is 17. The van der Waals surface area contributed by atoms with Crippen LogP contribution in [0, 0.1) is 0 Å². The van der Waals surface area contributed by atoms with Crippen molar-refractivity contribution in [3.05, 3.63) is 168 Å². The lowest BCUT2D eigenvalue weighted by atomic mass is 10.1. The Hall–Kier alpha value is -13.1. The Kier molecular flexibility index (Phi) is 26.1. The van der Waals surface area contributed by atoms with E-state index in [4.69, 9.17) is 121 Å². The smallest absolute Gasteiger partial charge is 0.394 e. The number of rotatable bonds is 34. The quantitative estimate of drug-likeness (QED) is 0.0167. The zero-order chi connectivity index (χ0) is 100. The van der Waals surface area contributed by atoms with Crippen LogP contribution in [0.25, 0.3) is 44.7 Å². The van der Waals surface area contributed by atoms with Gasteiger partial charge in [0.05, 0.1) is 116 Å². The number of fused-ring (bicyclic) bond motifs is 4. The van der Waals surface area contributed by atoms with E-state index in [-0.39, 0.29) is 132 Å². The van der Waals surface area contributed by atoms with Gasteiger partial charge < -0.3 is 127 Å². The van der Waals surface area contributed by atoms with Gasteiger partial charge in [-0.3, -0.25) is 104 Å². The standard InChI is InChI=1S/C76H91N31O33P2/c77-43-1-5-100(73(116)88-43)48-10-29(35(16-108)131-48)125-18-39-32(13-52(135-39)105-25-85-55-61(105)93-70(81)97-65(55)113)126-19-38-31(12-50(134-38)102-7-3-45(79)90-75(102)118)128-21-42-59(58(111)68(138-42)107-27-87-57-63(107)95-72(83)99-67(57)115)140-142(122,123)130-23-41-34(15-51(137-41)103-8-4-46(110)91-76(103)119)139-141(120,121)129-22-40-33(14-53(136-40)106-26-86-56-62(106)94-71(82)98-66(56)114)127-20-37-30(11-49(133-37)101-6-2-44(78)89-74(101)117)124-17-36-28(109)9-47(132-36)104-24-84-54-60(104)92-69(80)96-64(54)112/h1-8,24-42,47-53,58-59,68,108-109,111H,9-23H2,(H,120,121)(H,122,123)(H2,77,88,116)(H2,78,89,117)(H2,79,90,118)(H,91,110,119)(H3,80,92,96,112)(H3,81,93,97,113)(H3,82,94,98,114)(H3,83,95,99,115)/t28-,29-,30-,31-,32-,33-,34-,35+,36+,37+,38+,39+,40+,41+,42+,47+,48+,49+,50+,51+,52+,53+,58+,59+,68+/m0/s1/i4D. The van der Waals surface area contributed by atoms with Crippen LogP contribution in [0.5, 0.6) is 0 Å². The van der Waals surface area contributed by atoms with Gasteiger partial charge in [0.2, 0.25) is 23.8 Å². The van der Waals surface area contributed by atoms with E-state index in [1.54, 1.807) is 0 Å². The molecule has 142 heavy (non-hydrogen) atoms. The summed E-state index contributed by atoms with van der Waals surface area (Å²) in [6.45, 7) is -4.85. The Morgan fingerprint density at radius 1 is 0.373 bits per heavy atom. The molecule has 24 N–H and O–H groups in total. The summed E-state index contributed by atoms with van der Waals surface area (Å²) in [5.74, 6) is -1.46. The number of nitrogens with one attached hydrogen (secondary N) is 5. The molecule has 66 heteroatoms. The topological polar surface area (TPSA) is 888 Å². The van der Waals surface area contributed by atoms with Gasteiger partial charge in [0.1, 0.15) is 128 Å². The average Bonchev–Trinajstić information content (AvgIpc) is 1.61. The van der Waals surface area contributed by atoms with Gasteiger partial charge in [-0.25, -0.2) is 48.2 Å². The molecule has 12 aromatic rings. The van der Waals surface area contributed by atoms with Crippen molar-refractivity contribution in [2.75, 3.05) is 93.0 Å². The summed E-state index contributed by atoms with van der Waals surface area (Å²) >= 11 is 0. The van der Waals surface area contributed by atoms with Gasteiger partial charge in [0.15, 0.2) is 50.9 Å². The minimum Gasteiger partial charge on any atom is -0.394 e. The molecule has 0 aromatic carbocycles. The number of aliphatic hydroxyl groups excluding tert-OH is 3. The number of aromatic nitrogens is 24. The van der Waals surface area contributed by atoms with Crippen LogP contribution in [0.4, 0.5) is 41.2 Å². The van der Waals surface area contributed by atoms with Gasteiger partial charge in [0, 0.05) is 75.8 Å². The molecule has 20 rings (SSSR count). The first kappa shape index (κ1) is 95.1. The maximum absolute atomic E-state index is 15.0. The molecule has 64 nitrogen and oxygen atoms in total. The van der Waals surface area contributed by atoms with Gasteiger partial charge in [-0.15, -0.1) is 0 Å². The molecular weight excluding hydrogens is 1940 g/mol. The second-order valence-electron chi connectivity index (χ2n) is 34.1. The normalized spacial score (nSPS) is 30.4. The fourth-order valence-electron chi connectivity index (χ4n) is 18.3. The van der Waals surface area contributed by atoms with E-state index in [9.17, 15) is 77.4 Å². The third kappa shape index (κ3) is 19.7. The predicted octanol–water partition coefficient (Wildman–Crippen LogP) is -6.53. The van der Waals surface area contributed by atoms with Crippen molar-refractivity contribution in [3.63, 3.8) is 0 Å². The number of phosphoric ester groups is 2. The average molecular weight is 2030 g/mol. The van der Waals surface area contributed by atoms with Gasteiger partial charge in [-0.2, -0.15) is 34.9 Å². The lowest BCUT2D eigenvalue weighted by Gasteiger charge is -2.27. The van der Waals surface area contributed by atoms with Gasteiger partial charge >= 0.3 is 38.4 Å². The predicted molar refractivity (Wildman–Crippen MR) is 473 cm³/mol. The van der Waals surface area contributed by atoms with E-state index < -0.39 is 278 Å². The molecule has 8 aliphatic heterocycles. The minimum absolute atomic E-state index is 0.0209. The summed E-state index contributed by atoms with van der Waals surface area (Å²) in [4.78, 5) is 199. The lowest BCUT2D eigenvalue weighted by Crippen LogP contribution is -2.40. The Morgan fingerprint density at radius 3 is 1.09 bits per heavy atom. The van der Waals surface area contributed by atoms with Crippen LogP contribution in [0.1, 0.15) is 96.1 Å². The van der Waals surface area contributed by atoms with Gasteiger partial charge in [-0.1, -0.05) is 0 Å². The van der Waals surface area contributed by atoms with E-state index in [2.05, 4.69) is 74.8 Å². The van der Waals surface area contributed by atoms with Crippen molar-refractivity contribution in [3.8, 4) is 0 Å². The van der Waals surface area contributed by atoms with Crippen LogP contribution in [-0.2, 0) is 88.8 Å². The largest absolute Gasteiger partial charge is 0.472 e. The van der Waals surface area contributed by atoms with Gasteiger partial charge in [-0.05, 0) is 18.2 Å². The highest BCUT2D eigenvalue weighted by atomic mass is 31.2. The number of aromatic amines is 5. The molecule has 12 aromatic heterocycles. The molecule has 20 heterocycles. The number of hydrogen-bond acceptors (Lipinski definition) is 49. The highest BCUT2D eigenvalue weighted by molar-refractivity contribution is 7.47. The number of nitrogens with zero attached hydrogens (tertiary/aromatic N) is 19. The molecule has 0 spiro atoms. The first-order chi connectivity index (χ1) is 68.5. The van der Waals surface area contributed by atoms with Crippen molar-refractivity contribution >= 4 is 102 Å². The summed E-state index contributed by atoms with van der Waals surface area (Å²) in [7, 11) is -11.4. The molecule has 0 radical (unpaired) electrons. The van der Waals surface area contributed by atoms with Crippen LogP contribution in [-0.4, -0.2) is 298 Å². The zero-order valence-corrected chi connectivity index (χ0v) is 75.3. The summed E-state index contributed by atoms with van der Waals surface area (Å²) in [5.41, 5.74) is 33.0. The van der Waals surface area contributed by atoms with Crippen LogP contribution in [0.2, 0.25) is 0 Å². The molecule has 8 aliphatic rings. The second-order valence-corrected chi connectivity index (χ2v) is 36.9. The Morgan fingerprint density at radius 2 is 0.690 bits per heavy atom. The molecule has 8 saturated heterocycles. The van der Waals surface area contributed by atoms with Crippen molar-refractivity contribution in [1.82, 2.24) is 116 Å². The molecule has 27 atom stereocenters.